The van der Waals surface area contributed by atoms with Gasteiger partial charge in [0, 0.05) is 19.0 Å². The largest absolute Gasteiger partial charge is 0.502 e. The highest BCUT2D eigenvalue weighted by molar-refractivity contribution is 5.95. The predicted molar refractivity (Wildman–Crippen MR) is 125 cm³/mol. The van der Waals surface area contributed by atoms with Crippen molar-refractivity contribution in [1.29, 1.82) is 0 Å². The summed E-state index contributed by atoms with van der Waals surface area (Å²) < 4.78 is 29.9. The lowest BCUT2D eigenvalue weighted by atomic mass is 9.83. The molecule has 1 aliphatic heterocycles. The zero-order valence-electron chi connectivity index (χ0n) is 18.5. The van der Waals surface area contributed by atoms with Gasteiger partial charge in [-0.2, -0.15) is 5.10 Å². The average Bonchev–Trinajstić information content (AvgIpc) is 2.84. The molecule has 0 unspecified atom stereocenters. The van der Waals surface area contributed by atoms with E-state index in [1.54, 1.807) is 24.3 Å². The van der Waals surface area contributed by atoms with Crippen LogP contribution >= 0.6 is 0 Å². The van der Waals surface area contributed by atoms with Crippen molar-refractivity contribution in [2.75, 3.05) is 6.54 Å². The predicted octanol–water partition coefficient (Wildman–Crippen LogP) is 4.26. The van der Waals surface area contributed by atoms with E-state index in [1.165, 1.54) is 33.8 Å². The molecule has 6 nitrogen and oxygen atoms in total. The van der Waals surface area contributed by atoms with Gasteiger partial charge in [-0.15, -0.1) is 0 Å². The molecule has 1 aromatic heterocycles. The Bertz CT molecular complexity index is 1410. The molecule has 176 valence electrons. The Kier molecular flexibility index (Phi) is 5.86. The second-order valence-electron chi connectivity index (χ2n) is 8.48. The van der Waals surface area contributed by atoms with Crippen molar-refractivity contribution in [2.24, 2.45) is 0 Å². The molecule has 0 radical (unpaired) electrons. The molecule has 0 aliphatic carbocycles. The number of carbonyl (C=O) groups excluding carboxylic acids is 1. The Hall–Kier alpha value is -4.33. The molecule has 0 saturated heterocycles. The van der Waals surface area contributed by atoms with Crippen LogP contribution in [-0.4, -0.2) is 32.2 Å². The molecule has 0 bridgehead atoms. The number of carbonyl (C=O) groups is 1. The standard InChI is InChI=1S/C27H21F2N3O3/c28-20-10-4-8-18(12-20)24(19-9-5-11-21(29)13-19)22-16-31(15-17-6-2-1-3-7-17)27(35)25-26(34)23(33)14-30-32(22)25/h1-14,22,24,34H,15-16H2/t22-/m1/s1. The number of rotatable bonds is 5. The van der Waals surface area contributed by atoms with Crippen molar-refractivity contribution >= 4 is 5.91 Å². The van der Waals surface area contributed by atoms with Crippen LogP contribution in [0.15, 0.2) is 89.9 Å². The Morgan fingerprint density at radius 1 is 0.914 bits per heavy atom. The van der Waals surface area contributed by atoms with Gasteiger partial charge in [0.1, 0.15) is 11.6 Å². The van der Waals surface area contributed by atoms with Gasteiger partial charge in [0.2, 0.25) is 5.43 Å². The molecule has 1 aliphatic rings. The second kappa shape index (κ2) is 9.13. The van der Waals surface area contributed by atoms with Crippen molar-refractivity contribution < 1.29 is 18.7 Å². The van der Waals surface area contributed by atoms with Crippen LogP contribution in [-0.2, 0) is 6.54 Å². The van der Waals surface area contributed by atoms with Crippen molar-refractivity contribution in [2.45, 2.75) is 18.5 Å². The van der Waals surface area contributed by atoms with Crippen LogP contribution in [0, 0.1) is 11.6 Å². The molecule has 3 aromatic carbocycles. The van der Waals surface area contributed by atoms with Gasteiger partial charge in [-0.1, -0.05) is 54.6 Å². The first kappa shape index (κ1) is 22.5. The Labute approximate surface area is 199 Å². The van der Waals surface area contributed by atoms with E-state index in [0.717, 1.165) is 11.8 Å². The summed E-state index contributed by atoms with van der Waals surface area (Å²) in [4.78, 5) is 27.1. The molecule has 5 rings (SSSR count). The maximum atomic E-state index is 14.3. The summed E-state index contributed by atoms with van der Waals surface area (Å²) in [6, 6.07) is 20.5. The number of aromatic hydroxyl groups is 1. The van der Waals surface area contributed by atoms with Gasteiger partial charge in [-0.05, 0) is 41.0 Å². The lowest BCUT2D eigenvalue weighted by Gasteiger charge is -2.39. The van der Waals surface area contributed by atoms with Crippen LogP contribution in [0.2, 0.25) is 0 Å². The van der Waals surface area contributed by atoms with Crippen molar-refractivity contribution in [3.05, 3.63) is 129 Å². The molecule has 4 aromatic rings. The molecular weight excluding hydrogens is 452 g/mol. The number of hydrogen-bond donors (Lipinski definition) is 1. The van der Waals surface area contributed by atoms with Crippen LogP contribution in [0.4, 0.5) is 8.78 Å². The molecule has 0 saturated carbocycles. The maximum Gasteiger partial charge on any atom is 0.276 e. The smallest absolute Gasteiger partial charge is 0.276 e. The SMILES string of the molecule is O=C1c2c(O)c(=O)cnn2[C@@H](C(c2cccc(F)c2)c2cccc(F)c2)CN1Cc1ccccc1. The normalized spacial score (nSPS) is 15.3. The monoisotopic (exact) mass is 473 g/mol. The maximum absolute atomic E-state index is 14.3. The number of hydrogen-bond acceptors (Lipinski definition) is 4. The number of benzene rings is 3. The van der Waals surface area contributed by atoms with E-state index in [9.17, 15) is 23.5 Å². The van der Waals surface area contributed by atoms with Crippen LogP contribution in [0.3, 0.4) is 0 Å². The van der Waals surface area contributed by atoms with E-state index in [1.807, 2.05) is 30.3 Å². The number of fused-ring (bicyclic) bond motifs is 1. The van der Waals surface area contributed by atoms with E-state index in [2.05, 4.69) is 5.10 Å². The van der Waals surface area contributed by atoms with Gasteiger partial charge >= 0.3 is 0 Å². The lowest BCUT2D eigenvalue weighted by molar-refractivity contribution is 0.0618. The van der Waals surface area contributed by atoms with Gasteiger partial charge in [-0.3, -0.25) is 14.3 Å². The molecular formula is C27H21F2N3O3. The highest BCUT2D eigenvalue weighted by Gasteiger charge is 2.39. The summed E-state index contributed by atoms with van der Waals surface area (Å²) in [5.74, 6) is -2.82. The molecule has 35 heavy (non-hydrogen) atoms. The fourth-order valence-corrected chi connectivity index (χ4v) is 4.67. The Morgan fingerprint density at radius 3 is 2.14 bits per heavy atom. The highest BCUT2D eigenvalue weighted by atomic mass is 19.1. The Balaban J connectivity index is 1.70. The molecule has 8 heteroatoms. The summed E-state index contributed by atoms with van der Waals surface area (Å²) >= 11 is 0. The van der Waals surface area contributed by atoms with Crippen LogP contribution in [0.1, 0.15) is 39.1 Å². The molecule has 0 fully saturated rings. The zero-order valence-corrected chi connectivity index (χ0v) is 18.5. The lowest BCUT2D eigenvalue weighted by Crippen LogP contribution is -2.46. The van der Waals surface area contributed by atoms with Crippen molar-refractivity contribution in [3.63, 3.8) is 0 Å². The van der Waals surface area contributed by atoms with E-state index in [0.29, 0.717) is 11.1 Å². The Morgan fingerprint density at radius 2 is 1.54 bits per heavy atom. The molecule has 1 amide bonds. The quantitative estimate of drug-likeness (QED) is 0.470. The summed E-state index contributed by atoms with van der Waals surface area (Å²) in [5.41, 5.74) is 0.911. The molecule has 1 atom stereocenters. The van der Waals surface area contributed by atoms with E-state index in [4.69, 9.17) is 0 Å². The first-order valence-electron chi connectivity index (χ1n) is 11.1. The number of amides is 1. The van der Waals surface area contributed by atoms with Crippen LogP contribution in [0.25, 0.3) is 0 Å². The third kappa shape index (κ3) is 4.30. The summed E-state index contributed by atoms with van der Waals surface area (Å²) in [6.45, 7) is 0.353. The average molecular weight is 473 g/mol. The zero-order chi connectivity index (χ0) is 24.5. The summed E-state index contributed by atoms with van der Waals surface area (Å²) in [5, 5.41) is 14.8. The van der Waals surface area contributed by atoms with E-state index >= 15 is 0 Å². The molecule has 2 heterocycles. The third-order valence-corrected chi connectivity index (χ3v) is 6.21. The number of halogens is 2. The highest BCUT2D eigenvalue weighted by Crippen LogP contribution is 2.40. The minimum absolute atomic E-state index is 0.133. The topological polar surface area (TPSA) is 75.4 Å². The van der Waals surface area contributed by atoms with Crippen LogP contribution < -0.4 is 5.43 Å². The number of nitrogens with zero attached hydrogens (tertiary/aromatic N) is 3. The summed E-state index contributed by atoms with van der Waals surface area (Å²) in [6.07, 6.45) is 0.945. The molecule has 1 N–H and O–H groups in total. The van der Waals surface area contributed by atoms with Gasteiger partial charge in [0.05, 0.1) is 12.2 Å². The fourth-order valence-electron chi connectivity index (χ4n) is 4.67. The minimum atomic E-state index is -0.780. The van der Waals surface area contributed by atoms with Crippen molar-refractivity contribution in [1.82, 2.24) is 14.7 Å². The first-order valence-corrected chi connectivity index (χ1v) is 11.1. The van der Waals surface area contributed by atoms with Crippen LogP contribution in [0.5, 0.6) is 5.75 Å². The first-order chi connectivity index (χ1) is 16.9. The molecule has 0 spiro atoms. The van der Waals surface area contributed by atoms with E-state index in [-0.39, 0.29) is 18.8 Å². The van der Waals surface area contributed by atoms with E-state index < -0.39 is 40.7 Å². The van der Waals surface area contributed by atoms with Gasteiger partial charge in [0.15, 0.2) is 11.4 Å². The van der Waals surface area contributed by atoms with Crippen molar-refractivity contribution in [3.8, 4) is 5.75 Å². The van der Waals surface area contributed by atoms with Gasteiger partial charge in [0.25, 0.3) is 5.91 Å². The van der Waals surface area contributed by atoms with Gasteiger partial charge in [-0.25, -0.2) is 8.78 Å². The summed E-state index contributed by atoms with van der Waals surface area (Å²) in [7, 11) is 0. The minimum Gasteiger partial charge on any atom is -0.502 e. The third-order valence-electron chi connectivity index (χ3n) is 6.21. The fraction of sp³-hybridized carbons (Fsp3) is 0.148. The number of aromatic nitrogens is 2. The second-order valence-corrected chi connectivity index (χ2v) is 8.48. The van der Waals surface area contributed by atoms with Gasteiger partial charge < -0.3 is 10.0 Å².